The molecule has 2 amide bonds. The molecule has 0 unspecified atom stereocenters. The van der Waals surface area contributed by atoms with Gasteiger partial charge < -0.3 is 15.2 Å². The van der Waals surface area contributed by atoms with Crippen molar-refractivity contribution in [1.29, 1.82) is 0 Å². The lowest BCUT2D eigenvalue weighted by Gasteiger charge is -2.18. The fraction of sp³-hybridized carbons (Fsp3) is 0.125. The Morgan fingerprint density at radius 2 is 2.12 bits per heavy atom. The molecular weight excluding hydrogens is 439 g/mol. The molecule has 1 aliphatic rings. The molecule has 3 N–H and O–H groups in total. The molecule has 0 fully saturated rings. The molecule has 128 valence electrons. The lowest BCUT2D eigenvalue weighted by Crippen LogP contribution is -2.37. The number of carbonyl (C=O) groups is 2. The predicted molar refractivity (Wildman–Crippen MR) is 96.7 cm³/mol. The highest BCUT2D eigenvalue weighted by molar-refractivity contribution is 14.1. The quantitative estimate of drug-likeness (QED) is 0.363. The number of aromatic hydroxyl groups is 1. The van der Waals surface area contributed by atoms with Gasteiger partial charge >= 0.3 is 0 Å². The van der Waals surface area contributed by atoms with E-state index in [1.54, 1.807) is 18.2 Å². The van der Waals surface area contributed by atoms with Gasteiger partial charge in [0.25, 0.3) is 17.7 Å². The first kappa shape index (κ1) is 17.1. The van der Waals surface area contributed by atoms with Crippen molar-refractivity contribution in [2.45, 2.75) is 6.54 Å². The average molecular weight is 452 g/mol. The molecule has 1 aromatic carbocycles. The van der Waals surface area contributed by atoms with Crippen molar-refractivity contribution < 1.29 is 19.4 Å². The van der Waals surface area contributed by atoms with E-state index in [1.807, 2.05) is 0 Å². The van der Waals surface area contributed by atoms with Crippen LogP contribution in [0.4, 0.5) is 0 Å². The first-order valence-electron chi connectivity index (χ1n) is 7.17. The van der Waals surface area contributed by atoms with Crippen LogP contribution in [0.25, 0.3) is 5.57 Å². The van der Waals surface area contributed by atoms with Crippen LogP contribution in [-0.2, 0) is 11.3 Å². The van der Waals surface area contributed by atoms with Crippen molar-refractivity contribution in [3.05, 3.63) is 51.1 Å². The van der Waals surface area contributed by atoms with E-state index in [0.29, 0.717) is 22.5 Å². The number of hydrogen-bond acceptors (Lipinski definition) is 7. The van der Waals surface area contributed by atoms with Crippen molar-refractivity contribution >= 4 is 40.0 Å². The number of carbonyl (C=O) groups excluding carboxylic acids is 2. The highest BCUT2D eigenvalue weighted by Gasteiger charge is 2.27. The molecule has 1 aliphatic heterocycles. The van der Waals surface area contributed by atoms with E-state index in [-0.39, 0.29) is 18.2 Å². The van der Waals surface area contributed by atoms with E-state index in [4.69, 9.17) is 4.74 Å². The van der Waals surface area contributed by atoms with Gasteiger partial charge in [0.1, 0.15) is 0 Å². The summed E-state index contributed by atoms with van der Waals surface area (Å²) in [6.45, 7) is 0.182. The zero-order valence-corrected chi connectivity index (χ0v) is 15.2. The van der Waals surface area contributed by atoms with Crippen molar-refractivity contribution in [2.24, 2.45) is 0 Å². The van der Waals surface area contributed by atoms with Gasteiger partial charge in [0.2, 0.25) is 0 Å². The van der Waals surface area contributed by atoms with Crippen LogP contribution < -0.4 is 15.4 Å². The maximum atomic E-state index is 12.1. The fourth-order valence-electron chi connectivity index (χ4n) is 2.31. The highest BCUT2D eigenvalue weighted by Crippen LogP contribution is 2.25. The Hall–Kier alpha value is -2.69. The van der Waals surface area contributed by atoms with Gasteiger partial charge in [0.05, 0.1) is 25.4 Å². The summed E-state index contributed by atoms with van der Waals surface area (Å²) in [6.07, 6.45) is 2.86. The smallest absolute Gasteiger partial charge is 0.260 e. The Balaban J connectivity index is 1.83. The molecule has 1 aromatic heterocycles. The van der Waals surface area contributed by atoms with Crippen LogP contribution in [0.1, 0.15) is 21.7 Å². The van der Waals surface area contributed by atoms with Gasteiger partial charge in [0.15, 0.2) is 11.6 Å². The monoisotopic (exact) mass is 452 g/mol. The van der Waals surface area contributed by atoms with Crippen LogP contribution in [-0.4, -0.2) is 34.0 Å². The van der Waals surface area contributed by atoms with Crippen molar-refractivity contribution in [2.75, 3.05) is 7.11 Å². The number of aromatic nitrogens is 2. The Morgan fingerprint density at radius 1 is 1.32 bits per heavy atom. The number of nitrogens with one attached hydrogen (secondary N) is 2. The number of halogens is 1. The Kier molecular flexibility index (Phi) is 4.83. The molecular formula is C16H13IN4O4. The standard InChI is InChI=1S/C16H13IN4O4/c1-25-12-6-19-13(20-16(12)24)7-18-5-11-10-4-8(17)2-3-9(10)14(22)21-15(11)23/h2-6,18H,7H2,1H3,(H,19,20,24)(H,21,22,23). The largest absolute Gasteiger partial charge is 0.491 e. The average Bonchev–Trinajstić information content (AvgIpc) is 2.57. The van der Waals surface area contributed by atoms with Crippen LogP contribution in [0.2, 0.25) is 0 Å². The summed E-state index contributed by atoms with van der Waals surface area (Å²) in [5.74, 6) is -0.661. The van der Waals surface area contributed by atoms with Crippen LogP contribution in [0, 0.1) is 3.57 Å². The number of ether oxygens (including phenoxy) is 1. The molecule has 3 rings (SSSR count). The molecule has 2 heterocycles. The first-order chi connectivity index (χ1) is 12.0. The maximum Gasteiger partial charge on any atom is 0.260 e. The van der Waals surface area contributed by atoms with Crippen molar-refractivity contribution in [3.63, 3.8) is 0 Å². The van der Waals surface area contributed by atoms with E-state index in [2.05, 4.69) is 43.2 Å². The van der Waals surface area contributed by atoms with Crippen LogP contribution in [0.5, 0.6) is 11.6 Å². The molecule has 0 bridgehead atoms. The third-order valence-electron chi connectivity index (χ3n) is 3.50. The minimum absolute atomic E-state index is 0.177. The van der Waals surface area contributed by atoms with Crippen molar-refractivity contribution in [1.82, 2.24) is 20.6 Å². The second-order valence-corrected chi connectivity index (χ2v) is 6.34. The van der Waals surface area contributed by atoms with Gasteiger partial charge in [0, 0.05) is 20.9 Å². The molecule has 8 nitrogen and oxygen atoms in total. The fourth-order valence-corrected chi connectivity index (χ4v) is 2.80. The third-order valence-corrected chi connectivity index (χ3v) is 4.17. The lowest BCUT2D eigenvalue weighted by molar-refractivity contribution is -0.114. The first-order valence-corrected chi connectivity index (χ1v) is 8.25. The topological polar surface area (TPSA) is 113 Å². The van der Waals surface area contributed by atoms with Crippen LogP contribution in [0.15, 0.2) is 30.6 Å². The summed E-state index contributed by atoms with van der Waals surface area (Å²) in [5.41, 5.74) is 1.34. The molecule has 0 spiro atoms. The minimum Gasteiger partial charge on any atom is -0.491 e. The van der Waals surface area contributed by atoms with E-state index >= 15 is 0 Å². The van der Waals surface area contributed by atoms with E-state index in [9.17, 15) is 14.7 Å². The van der Waals surface area contributed by atoms with E-state index < -0.39 is 11.8 Å². The molecule has 0 saturated heterocycles. The van der Waals surface area contributed by atoms with Gasteiger partial charge in [-0.2, -0.15) is 4.98 Å². The number of amides is 2. The lowest BCUT2D eigenvalue weighted by atomic mass is 9.96. The molecule has 0 atom stereocenters. The van der Waals surface area contributed by atoms with Crippen molar-refractivity contribution in [3.8, 4) is 11.6 Å². The number of benzene rings is 1. The summed E-state index contributed by atoms with van der Waals surface area (Å²) >= 11 is 2.12. The zero-order valence-electron chi connectivity index (χ0n) is 13.0. The van der Waals surface area contributed by atoms with Gasteiger partial charge in [-0.25, -0.2) is 4.98 Å². The van der Waals surface area contributed by atoms with Crippen LogP contribution >= 0.6 is 22.6 Å². The summed E-state index contributed by atoms with van der Waals surface area (Å²) in [4.78, 5) is 32.0. The summed E-state index contributed by atoms with van der Waals surface area (Å²) < 4.78 is 5.79. The predicted octanol–water partition coefficient (Wildman–Crippen LogP) is 1.20. The van der Waals surface area contributed by atoms with Gasteiger partial charge in [-0.05, 0) is 40.8 Å². The maximum absolute atomic E-state index is 12.1. The third kappa shape index (κ3) is 3.55. The second-order valence-electron chi connectivity index (χ2n) is 5.09. The number of methoxy groups -OCH3 is 1. The Morgan fingerprint density at radius 3 is 2.84 bits per heavy atom. The van der Waals surface area contributed by atoms with Crippen LogP contribution in [0.3, 0.4) is 0 Å². The SMILES string of the molecule is COc1cnc(CNC=C2C(=O)NC(=O)c3ccc(I)cc32)nc1O. The number of nitrogens with zero attached hydrogens (tertiary/aromatic N) is 2. The van der Waals surface area contributed by atoms with E-state index in [0.717, 1.165) is 3.57 Å². The molecule has 0 aliphatic carbocycles. The second kappa shape index (κ2) is 7.05. The molecule has 25 heavy (non-hydrogen) atoms. The zero-order chi connectivity index (χ0) is 18.0. The Bertz CT molecular complexity index is 898. The summed E-state index contributed by atoms with van der Waals surface area (Å²) in [5, 5.41) is 14.9. The van der Waals surface area contributed by atoms with Gasteiger partial charge in [-0.3, -0.25) is 14.9 Å². The Labute approximate surface area is 156 Å². The number of rotatable bonds is 4. The minimum atomic E-state index is -0.481. The molecule has 9 heteroatoms. The number of fused-ring (bicyclic) bond motifs is 1. The normalized spacial score (nSPS) is 14.9. The van der Waals surface area contributed by atoms with Gasteiger partial charge in [-0.1, -0.05) is 0 Å². The molecule has 0 radical (unpaired) electrons. The number of imide groups is 1. The summed E-state index contributed by atoms with van der Waals surface area (Å²) in [7, 11) is 1.41. The molecule has 0 saturated carbocycles. The van der Waals surface area contributed by atoms with Gasteiger partial charge in [-0.15, -0.1) is 0 Å². The highest BCUT2D eigenvalue weighted by atomic mass is 127. The summed E-state index contributed by atoms with van der Waals surface area (Å²) in [6, 6.07) is 5.25. The number of hydrogen-bond donors (Lipinski definition) is 3. The van der Waals surface area contributed by atoms with E-state index in [1.165, 1.54) is 19.5 Å². The molecule has 2 aromatic rings.